The van der Waals surface area contributed by atoms with Crippen LogP contribution in [-0.4, -0.2) is 37.7 Å². The molecule has 0 aromatic heterocycles. The van der Waals surface area contributed by atoms with Crippen LogP contribution in [-0.2, 0) is 11.2 Å². The molecule has 26 heavy (non-hydrogen) atoms. The molecule has 2 aliphatic heterocycles. The molecule has 0 saturated carbocycles. The number of nitrogens with zero attached hydrogens (tertiary/aromatic N) is 1. The molecule has 2 aromatic carbocycles. The highest BCUT2D eigenvalue weighted by Gasteiger charge is 2.30. The van der Waals surface area contributed by atoms with Crippen molar-refractivity contribution in [3.05, 3.63) is 54.1 Å². The van der Waals surface area contributed by atoms with E-state index in [1.165, 1.54) is 5.56 Å². The summed E-state index contributed by atoms with van der Waals surface area (Å²) in [6.45, 7) is 4.76. The molecular weight excluding hydrogens is 326 g/mol. The predicted molar refractivity (Wildman–Crippen MR) is 104 cm³/mol. The van der Waals surface area contributed by atoms with E-state index in [0.29, 0.717) is 6.42 Å². The molecule has 2 N–H and O–H groups in total. The van der Waals surface area contributed by atoms with Crippen LogP contribution in [0.2, 0.25) is 0 Å². The number of rotatable bonds is 4. The Kier molecular flexibility index (Phi) is 4.80. The molecular formula is C21H25N3O2. The van der Waals surface area contributed by atoms with Crippen LogP contribution >= 0.6 is 0 Å². The third kappa shape index (κ3) is 3.68. The van der Waals surface area contributed by atoms with Gasteiger partial charge < -0.3 is 20.3 Å². The maximum atomic E-state index is 12.2. The Balaban J connectivity index is 1.54. The number of carbonyl (C=O) groups excluding carboxylic acids is 1. The number of anilines is 2. The van der Waals surface area contributed by atoms with Crippen LogP contribution < -0.4 is 20.3 Å². The Bertz CT molecular complexity index is 778. The molecule has 0 bridgehead atoms. The average Bonchev–Trinajstić information content (AvgIpc) is 2.78. The van der Waals surface area contributed by atoms with Gasteiger partial charge in [0.15, 0.2) is 0 Å². The first-order valence-corrected chi connectivity index (χ1v) is 9.31. The highest BCUT2D eigenvalue weighted by Crippen LogP contribution is 2.35. The third-order valence-corrected chi connectivity index (χ3v) is 5.03. The van der Waals surface area contributed by atoms with E-state index in [0.717, 1.165) is 43.2 Å². The summed E-state index contributed by atoms with van der Waals surface area (Å²) >= 11 is 0. The van der Waals surface area contributed by atoms with Gasteiger partial charge in [0.25, 0.3) is 0 Å². The van der Waals surface area contributed by atoms with E-state index in [1.54, 1.807) is 0 Å². The molecule has 2 aromatic rings. The largest absolute Gasteiger partial charge is 0.490 e. The third-order valence-electron chi connectivity index (χ3n) is 5.03. The summed E-state index contributed by atoms with van der Waals surface area (Å²) in [5.74, 6) is 0.925. The van der Waals surface area contributed by atoms with Crippen LogP contribution in [0.1, 0.15) is 18.9 Å². The summed E-state index contributed by atoms with van der Waals surface area (Å²) in [5.41, 5.74) is 3.21. The lowest BCUT2D eigenvalue weighted by Crippen LogP contribution is -2.51. The van der Waals surface area contributed by atoms with Gasteiger partial charge in [-0.1, -0.05) is 30.3 Å². The maximum absolute atomic E-state index is 12.2. The van der Waals surface area contributed by atoms with Gasteiger partial charge in [-0.3, -0.25) is 4.79 Å². The first kappa shape index (κ1) is 16.9. The molecule has 5 nitrogen and oxygen atoms in total. The summed E-state index contributed by atoms with van der Waals surface area (Å²) in [5, 5.41) is 6.42. The lowest BCUT2D eigenvalue weighted by atomic mass is 10.1. The van der Waals surface area contributed by atoms with Crippen LogP contribution in [0.5, 0.6) is 5.75 Å². The zero-order valence-electron chi connectivity index (χ0n) is 15.1. The van der Waals surface area contributed by atoms with E-state index in [4.69, 9.17) is 4.74 Å². The van der Waals surface area contributed by atoms with Gasteiger partial charge in [-0.05, 0) is 24.6 Å². The van der Waals surface area contributed by atoms with E-state index < -0.39 is 0 Å². The number of ether oxygens (including phenoxy) is 1. The van der Waals surface area contributed by atoms with Crippen molar-refractivity contribution in [3.63, 3.8) is 0 Å². The van der Waals surface area contributed by atoms with Crippen molar-refractivity contribution in [1.29, 1.82) is 0 Å². The molecule has 136 valence electrons. The first-order chi connectivity index (χ1) is 12.7. The fraction of sp³-hybridized carbons (Fsp3) is 0.381. The smallest absolute Gasteiger partial charge is 0.226 e. The second-order valence-corrected chi connectivity index (χ2v) is 7.10. The van der Waals surface area contributed by atoms with Crippen molar-refractivity contribution in [2.45, 2.75) is 31.9 Å². The second kappa shape index (κ2) is 7.38. The van der Waals surface area contributed by atoms with Crippen molar-refractivity contribution in [3.8, 4) is 5.75 Å². The van der Waals surface area contributed by atoms with E-state index in [-0.39, 0.29) is 18.1 Å². The molecule has 0 aliphatic carbocycles. The molecule has 2 aliphatic rings. The van der Waals surface area contributed by atoms with Crippen LogP contribution in [0.25, 0.3) is 0 Å². The summed E-state index contributed by atoms with van der Waals surface area (Å²) in [7, 11) is 0. The Hall–Kier alpha value is -2.53. The molecule has 0 radical (unpaired) electrons. The predicted octanol–water partition coefficient (Wildman–Crippen LogP) is 2.82. The summed E-state index contributed by atoms with van der Waals surface area (Å²) in [4.78, 5) is 14.5. The monoisotopic (exact) mass is 351 g/mol. The first-order valence-electron chi connectivity index (χ1n) is 9.31. The summed E-state index contributed by atoms with van der Waals surface area (Å²) in [6, 6.07) is 16.6. The van der Waals surface area contributed by atoms with Crippen molar-refractivity contribution in [1.82, 2.24) is 5.32 Å². The minimum atomic E-state index is 0.0774. The zero-order chi connectivity index (χ0) is 17.9. The van der Waals surface area contributed by atoms with Gasteiger partial charge in [-0.15, -0.1) is 0 Å². The molecule has 1 fully saturated rings. The molecule has 4 rings (SSSR count). The topological polar surface area (TPSA) is 53.6 Å². The van der Waals surface area contributed by atoms with E-state index in [2.05, 4.69) is 52.8 Å². The Labute approximate surface area is 154 Å². The number of amides is 1. The highest BCUT2D eigenvalue weighted by atomic mass is 16.5. The fourth-order valence-electron chi connectivity index (χ4n) is 3.82. The Morgan fingerprint density at radius 2 is 2.08 bits per heavy atom. The van der Waals surface area contributed by atoms with Crippen molar-refractivity contribution >= 4 is 17.3 Å². The number of nitrogens with one attached hydrogen (secondary N) is 2. The van der Waals surface area contributed by atoms with E-state index in [1.807, 2.05) is 18.2 Å². The van der Waals surface area contributed by atoms with Crippen LogP contribution in [0.15, 0.2) is 48.5 Å². The molecule has 2 atom stereocenters. The quantitative estimate of drug-likeness (QED) is 0.889. The number of fused-ring (bicyclic) bond motifs is 3. The van der Waals surface area contributed by atoms with Crippen molar-refractivity contribution in [2.24, 2.45) is 0 Å². The van der Waals surface area contributed by atoms with Crippen LogP contribution in [0, 0.1) is 0 Å². The molecule has 0 spiro atoms. The summed E-state index contributed by atoms with van der Waals surface area (Å²) < 4.78 is 6.18. The van der Waals surface area contributed by atoms with Gasteiger partial charge in [0, 0.05) is 38.5 Å². The minimum Gasteiger partial charge on any atom is -0.490 e. The number of benzene rings is 2. The van der Waals surface area contributed by atoms with Crippen LogP contribution in [0.4, 0.5) is 11.4 Å². The molecule has 1 amide bonds. The van der Waals surface area contributed by atoms with Gasteiger partial charge in [-0.2, -0.15) is 0 Å². The van der Waals surface area contributed by atoms with Gasteiger partial charge in [0.05, 0.1) is 23.5 Å². The maximum Gasteiger partial charge on any atom is 0.226 e. The number of carbonyl (C=O) groups is 1. The minimum absolute atomic E-state index is 0.0774. The zero-order valence-corrected chi connectivity index (χ0v) is 15.1. The average molecular weight is 351 g/mol. The van der Waals surface area contributed by atoms with Gasteiger partial charge >= 0.3 is 0 Å². The number of hydrogen-bond donors (Lipinski definition) is 2. The molecule has 5 heteroatoms. The van der Waals surface area contributed by atoms with Gasteiger partial charge in [0.2, 0.25) is 5.91 Å². The van der Waals surface area contributed by atoms with Crippen LogP contribution in [0.3, 0.4) is 0 Å². The second-order valence-electron chi connectivity index (χ2n) is 7.10. The number of hydrogen-bond acceptors (Lipinski definition) is 4. The van der Waals surface area contributed by atoms with E-state index >= 15 is 0 Å². The van der Waals surface area contributed by atoms with E-state index in [9.17, 15) is 4.79 Å². The molecule has 1 unspecified atom stereocenters. The van der Waals surface area contributed by atoms with Crippen molar-refractivity contribution in [2.75, 3.05) is 29.9 Å². The highest BCUT2D eigenvalue weighted by molar-refractivity contribution is 5.97. The fourth-order valence-corrected chi connectivity index (χ4v) is 3.82. The Morgan fingerprint density at radius 3 is 2.92 bits per heavy atom. The SMILES string of the molecule is C[C@H](Cc1ccccc1)Oc1ccc2c(c1)N1CCNCC1CC(=O)N2. The standard InChI is InChI=1S/C21H25N3O2/c1-15(11-16-5-3-2-4-6-16)26-18-7-8-19-20(13-18)24-10-9-22-14-17(24)12-21(25)23-19/h2-8,13,15,17,22H,9-12,14H2,1H3,(H,23,25)/t15-,17?/m1/s1. The molecule has 2 heterocycles. The van der Waals surface area contributed by atoms with Gasteiger partial charge in [-0.25, -0.2) is 0 Å². The lowest BCUT2D eigenvalue weighted by Gasteiger charge is -2.36. The van der Waals surface area contributed by atoms with Crippen molar-refractivity contribution < 1.29 is 9.53 Å². The summed E-state index contributed by atoms with van der Waals surface area (Å²) in [6.07, 6.45) is 1.46. The van der Waals surface area contributed by atoms with Gasteiger partial charge in [0.1, 0.15) is 5.75 Å². The normalized spacial score (nSPS) is 20.4. The molecule has 1 saturated heterocycles. The lowest BCUT2D eigenvalue weighted by molar-refractivity contribution is -0.116. The Morgan fingerprint density at radius 1 is 1.23 bits per heavy atom. The number of piperazine rings is 1.